The quantitative estimate of drug-likeness (QED) is 0.504. The maximum absolute atomic E-state index is 13.1. The fourth-order valence-electron chi connectivity index (χ4n) is 2.76. The van der Waals surface area contributed by atoms with E-state index in [0.717, 1.165) is 0 Å². The van der Waals surface area contributed by atoms with Crippen molar-refractivity contribution in [2.75, 3.05) is 6.61 Å². The van der Waals surface area contributed by atoms with Gasteiger partial charge in [0, 0.05) is 0 Å². The monoisotopic (exact) mass is 420 g/mol. The van der Waals surface area contributed by atoms with Gasteiger partial charge in [0.25, 0.3) is 0 Å². The first-order valence-electron chi connectivity index (χ1n) is 8.39. The number of hydrogen-bond donors (Lipinski definition) is 1. The van der Waals surface area contributed by atoms with E-state index >= 15 is 0 Å². The molecule has 1 aromatic rings. The summed E-state index contributed by atoms with van der Waals surface area (Å²) in [5.74, 6) is -2.03. The molecule has 0 heterocycles. The van der Waals surface area contributed by atoms with Crippen molar-refractivity contribution < 1.29 is 40.7 Å². The minimum absolute atomic E-state index is 0.146. The summed E-state index contributed by atoms with van der Waals surface area (Å²) in [6.45, 7) is 9.19. The van der Waals surface area contributed by atoms with Gasteiger partial charge in [-0.3, -0.25) is 4.79 Å². The van der Waals surface area contributed by atoms with Crippen molar-refractivity contribution in [1.82, 2.24) is 0 Å². The van der Waals surface area contributed by atoms with Crippen LogP contribution in [-0.4, -0.2) is 37.7 Å². The lowest BCUT2D eigenvalue weighted by Crippen LogP contribution is -2.26. The van der Waals surface area contributed by atoms with E-state index in [1.54, 1.807) is 27.7 Å². The summed E-state index contributed by atoms with van der Waals surface area (Å²) >= 11 is 0. The molecule has 0 saturated carbocycles. The highest BCUT2D eigenvalue weighted by atomic mass is 32.3. The number of rotatable bonds is 8. The molecule has 0 amide bonds. The maximum atomic E-state index is 13.1. The van der Waals surface area contributed by atoms with Crippen LogP contribution in [0.1, 0.15) is 48.6 Å². The van der Waals surface area contributed by atoms with Crippen LogP contribution in [0.4, 0.5) is 3.89 Å². The van der Waals surface area contributed by atoms with Crippen LogP contribution in [-0.2, 0) is 42.6 Å². The van der Waals surface area contributed by atoms with Crippen molar-refractivity contribution in [1.29, 1.82) is 0 Å². The molecule has 0 fully saturated rings. The van der Waals surface area contributed by atoms with Gasteiger partial charge in [-0.15, -0.1) is 0 Å². The summed E-state index contributed by atoms with van der Waals surface area (Å²) in [5.41, 5.74) is 1.02. The highest BCUT2D eigenvalue weighted by molar-refractivity contribution is 7.81. The second kappa shape index (κ2) is 8.87. The van der Waals surface area contributed by atoms with Gasteiger partial charge in [0.2, 0.25) is 0 Å². The number of esters is 1. The van der Waals surface area contributed by atoms with Gasteiger partial charge >= 0.3 is 22.4 Å². The minimum atomic E-state index is -5.31. The smallest absolute Gasteiger partial charge is 0.481 e. The average molecular weight is 420 g/mol. The molecule has 10 heteroatoms. The molecule has 1 N–H and O–H groups in total. The molecule has 0 spiro atoms. The molecule has 0 radical (unpaired) electrons. The van der Waals surface area contributed by atoms with Gasteiger partial charge in [0.15, 0.2) is 5.75 Å². The Labute approximate surface area is 164 Å². The molecule has 0 saturated heterocycles. The Kier molecular flexibility index (Phi) is 7.55. The van der Waals surface area contributed by atoms with Gasteiger partial charge in [0.05, 0.1) is 13.0 Å². The third-order valence-corrected chi connectivity index (χ3v) is 4.25. The molecule has 0 aliphatic carbocycles. The molecule has 0 bridgehead atoms. The molecule has 1 rings (SSSR count). The SMILES string of the molecule is Cc1c(COCC(=O)OC(C)(C)C)c(C)c(OS(=O)(=O)F)c(C)c1CC(=O)O. The summed E-state index contributed by atoms with van der Waals surface area (Å²) in [6, 6.07) is 0. The zero-order valence-electron chi connectivity index (χ0n) is 16.7. The number of benzene rings is 1. The topological polar surface area (TPSA) is 116 Å². The largest absolute Gasteiger partial charge is 0.488 e. The Morgan fingerprint density at radius 3 is 2.04 bits per heavy atom. The number of aliphatic carboxylic acids is 1. The number of carboxylic acids is 1. The Bertz CT molecular complexity index is 869. The zero-order chi connectivity index (χ0) is 21.9. The van der Waals surface area contributed by atoms with E-state index in [1.165, 1.54) is 13.8 Å². The standard InChI is InChI=1S/C18H25FO8S/c1-10-13(7-15(20)21)11(2)17(27-28(19,23)24)12(3)14(10)8-25-9-16(22)26-18(4,5)6/h7-9H2,1-6H3,(H,20,21). The first kappa shape index (κ1) is 23.8. The highest BCUT2D eigenvalue weighted by Crippen LogP contribution is 2.35. The lowest BCUT2D eigenvalue weighted by molar-refractivity contribution is -0.160. The molecule has 0 atom stereocenters. The molecule has 158 valence electrons. The molecule has 0 unspecified atom stereocenters. The normalized spacial score (nSPS) is 12.0. The minimum Gasteiger partial charge on any atom is -0.481 e. The van der Waals surface area contributed by atoms with Crippen molar-refractivity contribution >= 4 is 22.4 Å². The van der Waals surface area contributed by atoms with Crippen LogP contribution in [0, 0.1) is 20.8 Å². The molecular weight excluding hydrogens is 395 g/mol. The molecular formula is C18H25FO8S. The Balaban J connectivity index is 3.24. The molecule has 8 nitrogen and oxygen atoms in total. The Morgan fingerprint density at radius 2 is 1.57 bits per heavy atom. The second-order valence-electron chi connectivity index (χ2n) is 7.29. The van der Waals surface area contributed by atoms with Crippen molar-refractivity contribution in [3.63, 3.8) is 0 Å². The molecule has 0 aromatic heterocycles. The van der Waals surface area contributed by atoms with E-state index in [0.29, 0.717) is 11.1 Å². The van der Waals surface area contributed by atoms with Crippen LogP contribution in [0.3, 0.4) is 0 Å². The maximum Gasteiger partial charge on any atom is 0.488 e. The lowest BCUT2D eigenvalue weighted by atomic mass is 9.91. The number of carbonyl (C=O) groups excluding carboxylic acids is 1. The van der Waals surface area contributed by atoms with E-state index in [-0.39, 0.29) is 35.7 Å². The Morgan fingerprint density at radius 1 is 1.04 bits per heavy atom. The predicted octanol–water partition coefficient (Wildman–Crippen LogP) is 2.69. The van der Waals surface area contributed by atoms with E-state index in [2.05, 4.69) is 4.18 Å². The fourth-order valence-corrected chi connectivity index (χ4v) is 3.21. The van der Waals surface area contributed by atoms with Gasteiger partial charge in [-0.05, 0) is 69.4 Å². The predicted molar refractivity (Wildman–Crippen MR) is 98.1 cm³/mol. The van der Waals surface area contributed by atoms with Gasteiger partial charge in [-0.1, -0.05) is 3.89 Å². The van der Waals surface area contributed by atoms with Crippen molar-refractivity contribution in [2.24, 2.45) is 0 Å². The number of hydrogen-bond acceptors (Lipinski definition) is 7. The van der Waals surface area contributed by atoms with Crippen molar-refractivity contribution in [2.45, 2.75) is 60.2 Å². The van der Waals surface area contributed by atoms with Gasteiger partial charge in [-0.2, -0.15) is 8.42 Å². The summed E-state index contributed by atoms with van der Waals surface area (Å²) in [6.07, 6.45) is -0.417. The van der Waals surface area contributed by atoms with Crippen LogP contribution in [0.2, 0.25) is 0 Å². The zero-order valence-corrected chi connectivity index (χ0v) is 17.5. The van der Waals surface area contributed by atoms with Crippen molar-refractivity contribution in [3.8, 4) is 5.75 Å². The van der Waals surface area contributed by atoms with Crippen LogP contribution < -0.4 is 4.18 Å². The van der Waals surface area contributed by atoms with E-state index in [4.69, 9.17) is 14.6 Å². The van der Waals surface area contributed by atoms with Crippen LogP contribution in [0.15, 0.2) is 0 Å². The fraction of sp³-hybridized carbons (Fsp3) is 0.556. The van der Waals surface area contributed by atoms with Gasteiger partial charge < -0.3 is 18.8 Å². The first-order chi connectivity index (χ1) is 12.6. The number of carboxylic acid groups (broad SMARTS) is 1. The lowest BCUT2D eigenvalue weighted by Gasteiger charge is -2.21. The first-order valence-corrected chi connectivity index (χ1v) is 9.70. The third-order valence-electron chi connectivity index (χ3n) is 3.89. The molecule has 0 aliphatic rings. The molecule has 1 aromatic carbocycles. The summed E-state index contributed by atoms with van der Waals surface area (Å²) in [5, 5.41) is 9.13. The number of ether oxygens (including phenoxy) is 2. The summed E-state index contributed by atoms with van der Waals surface area (Å²) in [7, 11) is -5.31. The third kappa shape index (κ3) is 7.08. The Hall–Kier alpha value is -2.20. The van der Waals surface area contributed by atoms with Crippen molar-refractivity contribution in [3.05, 3.63) is 27.8 Å². The number of halogens is 1. The van der Waals surface area contributed by atoms with E-state index in [9.17, 15) is 21.9 Å². The number of carbonyl (C=O) groups is 2. The summed E-state index contributed by atoms with van der Waals surface area (Å²) in [4.78, 5) is 22.9. The second-order valence-corrected chi connectivity index (χ2v) is 8.24. The van der Waals surface area contributed by atoms with Gasteiger partial charge in [-0.25, -0.2) is 4.79 Å². The van der Waals surface area contributed by atoms with Crippen LogP contribution >= 0.6 is 0 Å². The van der Waals surface area contributed by atoms with E-state index < -0.39 is 34.5 Å². The highest BCUT2D eigenvalue weighted by Gasteiger charge is 2.24. The molecule has 0 aliphatic heterocycles. The van der Waals surface area contributed by atoms with E-state index in [1.807, 2.05) is 0 Å². The van der Waals surface area contributed by atoms with Crippen LogP contribution in [0.5, 0.6) is 5.75 Å². The molecule has 28 heavy (non-hydrogen) atoms. The summed E-state index contributed by atoms with van der Waals surface area (Å²) < 4.78 is 50.0. The van der Waals surface area contributed by atoms with Gasteiger partial charge in [0.1, 0.15) is 12.2 Å². The van der Waals surface area contributed by atoms with Crippen LogP contribution in [0.25, 0.3) is 0 Å². The average Bonchev–Trinajstić information content (AvgIpc) is 2.48.